The fourth-order valence-corrected chi connectivity index (χ4v) is 1.63. The maximum absolute atomic E-state index is 11.5. The summed E-state index contributed by atoms with van der Waals surface area (Å²) in [5.41, 5.74) is 1.21. The largest absolute Gasteiger partial charge is 0.358 e. The van der Waals surface area contributed by atoms with Gasteiger partial charge in [0.1, 0.15) is 0 Å². The zero-order valence-electron chi connectivity index (χ0n) is 9.93. The van der Waals surface area contributed by atoms with Crippen molar-refractivity contribution in [2.24, 2.45) is 0 Å². The maximum Gasteiger partial charge on any atom is 0.319 e. The third-order valence-electron chi connectivity index (χ3n) is 2.23. The molecule has 98 valence electrons. The lowest BCUT2D eigenvalue weighted by Crippen LogP contribution is -2.37. The molecule has 0 atom stereocenters. The standard InChI is InChI=1S/C11H13Cl2N3O2/c1-6-8(12)3-7(4-9(6)13)16-11(18)15-5-10(17)14-2/h3-4H,5H2,1-2H3,(H,14,17)(H2,15,16,18). The van der Waals surface area contributed by atoms with Crippen LogP contribution in [0.15, 0.2) is 12.1 Å². The Morgan fingerprint density at radius 3 is 2.28 bits per heavy atom. The van der Waals surface area contributed by atoms with Gasteiger partial charge in [-0.1, -0.05) is 23.2 Å². The molecule has 5 nitrogen and oxygen atoms in total. The first kappa shape index (κ1) is 14.6. The van der Waals surface area contributed by atoms with Gasteiger partial charge in [-0.3, -0.25) is 4.79 Å². The number of anilines is 1. The number of amides is 3. The lowest BCUT2D eigenvalue weighted by atomic mass is 10.2. The second kappa shape index (κ2) is 6.47. The maximum atomic E-state index is 11.5. The van der Waals surface area contributed by atoms with Crippen molar-refractivity contribution in [2.45, 2.75) is 6.92 Å². The zero-order chi connectivity index (χ0) is 13.7. The van der Waals surface area contributed by atoms with E-state index < -0.39 is 6.03 Å². The first-order chi connectivity index (χ1) is 8.43. The number of rotatable bonds is 3. The lowest BCUT2D eigenvalue weighted by Gasteiger charge is -2.09. The van der Waals surface area contributed by atoms with Crippen LogP contribution in [0.25, 0.3) is 0 Å². The van der Waals surface area contributed by atoms with Gasteiger partial charge in [0.05, 0.1) is 6.54 Å². The van der Waals surface area contributed by atoms with E-state index >= 15 is 0 Å². The fraction of sp³-hybridized carbons (Fsp3) is 0.273. The molecular weight excluding hydrogens is 277 g/mol. The molecule has 0 aliphatic heterocycles. The van der Waals surface area contributed by atoms with Crippen molar-refractivity contribution in [3.05, 3.63) is 27.7 Å². The Morgan fingerprint density at radius 2 is 1.78 bits per heavy atom. The van der Waals surface area contributed by atoms with Crippen molar-refractivity contribution in [3.8, 4) is 0 Å². The van der Waals surface area contributed by atoms with Gasteiger partial charge in [-0.15, -0.1) is 0 Å². The number of likely N-dealkylation sites (N-methyl/N-ethyl adjacent to an activating group) is 1. The van der Waals surface area contributed by atoms with Crippen LogP contribution in [0.1, 0.15) is 5.56 Å². The van der Waals surface area contributed by atoms with E-state index in [1.54, 1.807) is 19.1 Å². The first-order valence-electron chi connectivity index (χ1n) is 5.15. The van der Waals surface area contributed by atoms with Crippen LogP contribution < -0.4 is 16.0 Å². The molecule has 1 aromatic carbocycles. The van der Waals surface area contributed by atoms with E-state index in [1.165, 1.54) is 7.05 Å². The minimum absolute atomic E-state index is 0.102. The van der Waals surface area contributed by atoms with Gasteiger partial charge in [-0.25, -0.2) is 4.79 Å². The quantitative estimate of drug-likeness (QED) is 0.798. The van der Waals surface area contributed by atoms with E-state index in [2.05, 4.69) is 16.0 Å². The molecule has 0 saturated carbocycles. The summed E-state index contributed by atoms with van der Waals surface area (Å²) in [4.78, 5) is 22.4. The summed E-state index contributed by atoms with van der Waals surface area (Å²) in [7, 11) is 1.49. The molecule has 18 heavy (non-hydrogen) atoms. The molecule has 0 radical (unpaired) electrons. The molecule has 0 aliphatic rings. The number of hydrogen-bond acceptors (Lipinski definition) is 2. The number of carbonyl (C=O) groups excluding carboxylic acids is 2. The van der Waals surface area contributed by atoms with Gasteiger partial charge in [-0.05, 0) is 24.6 Å². The number of nitrogens with one attached hydrogen (secondary N) is 3. The SMILES string of the molecule is CNC(=O)CNC(=O)Nc1cc(Cl)c(C)c(Cl)c1. The number of hydrogen-bond donors (Lipinski definition) is 3. The topological polar surface area (TPSA) is 70.2 Å². The smallest absolute Gasteiger partial charge is 0.319 e. The Labute approximate surface area is 115 Å². The summed E-state index contributed by atoms with van der Waals surface area (Å²) in [6, 6.07) is 2.67. The van der Waals surface area contributed by atoms with E-state index in [9.17, 15) is 9.59 Å². The average Bonchev–Trinajstić information content (AvgIpc) is 2.32. The van der Waals surface area contributed by atoms with Crippen molar-refractivity contribution in [1.29, 1.82) is 0 Å². The summed E-state index contributed by atoms with van der Waals surface area (Å²) in [6.45, 7) is 1.68. The van der Waals surface area contributed by atoms with Gasteiger partial charge in [0.25, 0.3) is 0 Å². The number of benzene rings is 1. The lowest BCUT2D eigenvalue weighted by molar-refractivity contribution is -0.119. The summed E-state index contributed by atoms with van der Waals surface area (Å²) >= 11 is 11.9. The molecule has 0 spiro atoms. The molecule has 0 saturated heterocycles. The van der Waals surface area contributed by atoms with Crippen LogP contribution in [0.2, 0.25) is 10.0 Å². The molecule has 1 aromatic rings. The van der Waals surface area contributed by atoms with Crippen molar-refractivity contribution in [1.82, 2.24) is 10.6 Å². The summed E-state index contributed by atoms with van der Waals surface area (Å²) in [5.74, 6) is -0.287. The zero-order valence-corrected chi connectivity index (χ0v) is 11.4. The Kier molecular flexibility index (Phi) is 5.25. The molecule has 0 unspecified atom stereocenters. The van der Waals surface area contributed by atoms with Crippen molar-refractivity contribution in [2.75, 3.05) is 18.9 Å². The summed E-state index contributed by atoms with van der Waals surface area (Å²) in [5, 5.41) is 8.23. The minimum Gasteiger partial charge on any atom is -0.358 e. The van der Waals surface area contributed by atoms with E-state index in [0.29, 0.717) is 15.7 Å². The number of carbonyl (C=O) groups is 2. The molecule has 0 fully saturated rings. The monoisotopic (exact) mass is 289 g/mol. The molecule has 0 aromatic heterocycles. The summed E-state index contributed by atoms with van der Waals surface area (Å²) < 4.78 is 0. The van der Waals surface area contributed by atoms with Crippen LogP contribution in [-0.2, 0) is 4.79 Å². The van der Waals surface area contributed by atoms with Gasteiger partial charge in [-0.2, -0.15) is 0 Å². The van der Waals surface area contributed by atoms with Gasteiger partial charge in [0.2, 0.25) is 5.91 Å². The Balaban J connectivity index is 2.62. The van der Waals surface area contributed by atoms with E-state index in [0.717, 1.165) is 5.56 Å². The fourth-order valence-electron chi connectivity index (χ4n) is 1.14. The molecule has 1 rings (SSSR count). The molecule has 3 amide bonds. The average molecular weight is 290 g/mol. The second-order valence-electron chi connectivity index (χ2n) is 3.55. The Hall–Kier alpha value is -1.46. The summed E-state index contributed by atoms with van der Waals surface area (Å²) in [6.07, 6.45) is 0. The van der Waals surface area contributed by atoms with Gasteiger partial charge >= 0.3 is 6.03 Å². The van der Waals surface area contributed by atoms with Crippen LogP contribution in [0.4, 0.5) is 10.5 Å². The van der Waals surface area contributed by atoms with Gasteiger partial charge in [0, 0.05) is 22.8 Å². The number of urea groups is 1. The van der Waals surface area contributed by atoms with Crippen molar-refractivity contribution < 1.29 is 9.59 Å². The van der Waals surface area contributed by atoms with Crippen molar-refractivity contribution in [3.63, 3.8) is 0 Å². The van der Waals surface area contributed by atoms with E-state index in [-0.39, 0.29) is 12.5 Å². The molecule has 0 bridgehead atoms. The van der Waals surface area contributed by atoms with Crippen LogP contribution >= 0.6 is 23.2 Å². The normalized spacial score (nSPS) is 9.78. The highest BCUT2D eigenvalue weighted by atomic mass is 35.5. The second-order valence-corrected chi connectivity index (χ2v) is 4.36. The molecule has 7 heteroatoms. The Bertz CT molecular complexity index is 454. The van der Waals surface area contributed by atoms with Crippen LogP contribution in [0, 0.1) is 6.92 Å². The highest BCUT2D eigenvalue weighted by Crippen LogP contribution is 2.27. The van der Waals surface area contributed by atoms with Gasteiger partial charge in [0.15, 0.2) is 0 Å². The molecule has 0 heterocycles. The minimum atomic E-state index is -0.505. The van der Waals surface area contributed by atoms with Crippen LogP contribution in [0.5, 0.6) is 0 Å². The predicted molar refractivity (Wildman–Crippen MR) is 72.3 cm³/mol. The third-order valence-corrected chi connectivity index (χ3v) is 3.01. The highest BCUT2D eigenvalue weighted by Gasteiger charge is 2.07. The van der Waals surface area contributed by atoms with Crippen molar-refractivity contribution >= 4 is 40.8 Å². The number of halogens is 2. The highest BCUT2D eigenvalue weighted by molar-refractivity contribution is 6.36. The third kappa shape index (κ3) is 4.09. The van der Waals surface area contributed by atoms with Gasteiger partial charge < -0.3 is 16.0 Å². The predicted octanol–water partition coefficient (Wildman–Crippen LogP) is 2.17. The first-order valence-corrected chi connectivity index (χ1v) is 5.90. The van der Waals surface area contributed by atoms with E-state index in [1.807, 2.05) is 0 Å². The molecule has 0 aliphatic carbocycles. The van der Waals surface area contributed by atoms with Crippen LogP contribution in [-0.4, -0.2) is 25.5 Å². The van der Waals surface area contributed by atoms with Crippen LogP contribution in [0.3, 0.4) is 0 Å². The Morgan fingerprint density at radius 1 is 1.22 bits per heavy atom. The molecule has 3 N–H and O–H groups in total. The van der Waals surface area contributed by atoms with E-state index in [4.69, 9.17) is 23.2 Å². The molecular formula is C11H13Cl2N3O2.